The van der Waals surface area contributed by atoms with Gasteiger partial charge in [-0.3, -0.25) is 14.9 Å². The van der Waals surface area contributed by atoms with Gasteiger partial charge in [0.15, 0.2) is 5.13 Å². The third-order valence-corrected chi connectivity index (χ3v) is 4.29. The standard InChI is InChI=1S/C18H17N3O3S/c1-3-24-14-8-9-15-16(10-14)25-18(20-15)21-17(23)12-4-6-13(7-5-12)19-11(2)22/h4-10H,3H2,1-2H3,(H,19,22)(H,20,21,23). The summed E-state index contributed by atoms with van der Waals surface area (Å²) in [7, 11) is 0. The largest absolute Gasteiger partial charge is 0.494 e. The minimum atomic E-state index is -0.251. The molecule has 2 N–H and O–H groups in total. The van der Waals surface area contributed by atoms with Gasteiger partial charge in [-0.25, -0.2) is 4.98 Å². The number of rotatable bonds is 5. The summed E-state index contributed by atoms with van der Waals surface area (Å²) in [4.78, 5) is 27.8. The van der Waals surface area contributed by atoms with Gasteiger partial charge in [-0.15, -0.1) is 0 Å². The number of fused-ring (bicyclic) bond motifs is 1. The monoisotopic (exact) mass is 355 g/mol. The smallest absolute Gasteiger partial charge is 0.257 e. The van der Waals surface area contributed by atoms with Crippen LogP contribution in [0.2, 0.25) is 0 Å². The third kappa shape index (κ3) is 4.13. The summed E-state index contributed by atoms with van der Waals surface area (Å²) in [5.74, 6) is 0.377. The van der Waals surface area contributed by atoms with Crippen molar-refractivity contribution >= 4 is 44.2 Å². The second kappa shape index (κ2) is 7.31. The van der Waals surface area contributed by atoms with Crippen LogP contribution in [-0.2, 0) is 4.79 Å². The Morgan fingerprint density at radius 1 is 1.12 bits per heavy atom. The fourth-order valence-electron chi connectivity index (χ4n) is 2.29. The number of hydrogen-bond donors (Lipinski definition) is 2. The van der Waals surface area contributed by atoms with Crippen molar-refractivity contribution in [1.82, 2.24) is 4.98 Å². The van der Waals surface area contributed by atoms with E-state index in [1.165, 1.54) is 18.3 Å². The summed E-state index contributed by atoms with van der Waals surface area (Å²) in [6.45, 7) is 3.97. The van der Waals surface area contributed by atoms with Gasteiger partial charge in [0, 0.05) is 18.2 Å². The van der Waals surface area contributed by atoms with Crippen LogP contribution in [0.1, 0.15) is 24.2 Å². The van der Waals surface area contributed by atoms with Gasteiger partial charge >= 0.3 is 0 Å². The van der Waals surface area contributed by atoms with E-state index in [1.54, 1.807) is 24.3 Å². The quantitative estimate of drug-likeness (QED) is 0.727. The molecule has 128 valence electrons. The van der Waals surface area contributed by atoms with Crippen LogP contribution in [-0.4, -0.2) is 23.4 Å². The molecular formula is C18H17N3O3S. The van der Waals surface area contributed by atoms with Crippen LogP contribution in [0, 0.1) is 0 Å². The number of ether oxygens (including phenoxy) is 1. The molecule has 1 aromatic heterocycles. The fraction of sp³-hybridized carbons (Fsp3) is 0.167. The topological polar surface area (TPSA) is 80.3 Å². The van der Waals surface area contributed by atoms with Gasteiger partial charge in [0.1, 0.15) is 5.75 Å². The number of hydrogen-bond acceptors (Lipinski definition) is 5. The molecule has 0 spiro atoms. The van der Waals surface area contributed by atoms with E-state index in [0.717, 1.165) is 16.0 Å². The number of aromatic nitrogens is 1. The summed E-state index contributed by atoms with van der Waals surface area (Å²) in [6.07, 6.45) is 0. The van der Waals surface area contributed by atoms with Gasteiger partial charge in [0.25, 0.3) is 5.91 Å². The minimum Gasteiger partial charge on any atom is -0.494 e. The summed E-state index contributed by atoms with van der Waals surface area (Å²) in [5, 5.41) is 5.99. The third-order valence-electron chi connectivity index (χ3n) is 3.36. The van der Waals surface area contributed by atoms with Crippen molar-refractivity contribution in [3.8, 4) is 5.75 Å². The zero-order valence-corrected chi connectivity index (χ0v) is 14.6. The van der Waals surface area contributed by atoms with Crippen LogP contribution in [0.4, 0.5) is 10.8 Å². The lowest BCUT2D eigenvalue weighted by atomic mass is 10.2. The van der Waals surface area contributed by atoms with Crippen LogP contribution < -0.4 is 15.4 Å². The van der Waals surface area contributed by atoms with Crippen LogP contribution in [0.25, 0.3) is 10.2 Å². The first-order valence-corrected chi connectivity index (χ1v) is 8.59. The van der Waals surface area contributed by atoms with Crippen molar-refractivity contribution in [1.29, 1.82) is 0 Å². The Balaban J connectivity index is 1.73. The van der Waals surface area contributed by atoms with E-state index in [1.807, 2.05) is 25.1 Å². The number of nitrogens with one attached hydrogen (secondary N) is 2. The van der Waals surface area contributed by atoms with Gasteiger partial charge in [-0.2, -0.15) is 0 Å². The molecule has 0 radical (unpaired) electrons. The Labute approximate surface area is 148 Å². The Hall–Kier alpha value is -2.93. The molecule has 0 aliphatic carbocycles. The Morgan fingerprint density at radius 3 is 2.56 bits per heavy atom. The molecule has 6 nitrogen and oxygen atoms in total. The molecule has 0 saturated heterocycles. The molecule has 0 fully saturated rings. The highest BCUT2D eigenvalue weighted by molar-refractivity contribution is 7.22. The Kier molecular flexibility index (Phi) is 4.95. The van der Waals surface area contributed by atoms with Gasteiger partial charge in [-0.05, 0) is 49.4 Å². The van der Waals surface area contributed by atoms with E-state index >= 15 is 0 Å². The molecular weight excluding hydrogens is 338 g/mol. The summed E-state index contributed by atoms with van der Waals surface area (Å²) in [5.41, 5.74) is 1.95. The summed E-state index contributed by atoms with van der Waals surface area (Å²) in [6, 6.07) is 12.3. The van der Waals surface area contributed by atoms with E-state index in [-0.39, 0.29) is 11.8 Å². The number of nitrogens with zero attached hydrogens (tertiary/aromatic N) is 1. The highest BCUT2D eigenvalue weighted by atomic mass is 32.1. The number of carbonyl (C=O) groups is 2. The first kappa shape index (κ1) is 16.9. The average Bonchev–Trinajstić information content (AvgIpc) is 2.96. The lowest BCUT2D eigenvalue weighted by molar-refractivity contribution is -0.114. The molecule has 2 aromatic carbocycles. The highest BCUT2D eigenvalue weighted by Gasteiger charge is 2.11. The fourth-order valence-corrected chi connectivity index (χ4v) is 3.18. The normalized spacial score (nSPS) is 10.5. The molecule has 25 heavy (non-hydrogen) atoms. The molecule has 7 heteroatoms. The summed E-state index contributed by atoms with van der Waals surface area (Å²) >= 11 is 1.39. The van der Waals surface area contributed by atoms with Crippen LogP contribution in [0.3, 0.4) is 0 Å². The van der Waals surface area contributed by atoms with Gasteiger partial charge < -0.3 is 10.1 Å². The maximum atomic E-state index is 12.3. The molecule has 0 aliphatic rings. The van der Waals surface area contributed by atoms with Crippen LogP contribution >= 0.6 is 11.3 Å². The van der Waals surface area contributed by atoms with E-state index in [0.29, 0.717) is 23.0 Å². The van der Waals surface area contributed by atoms with Gasteiger partial charge in [-0.1, -0.05) is 11.3 Å². The van der Waals surface area contributed by atoms with E-state index in [4.69, 9.17) is 4.74 Å². The highest BCUT2D eigenvalue weighted by Crippen LogP contribution is 2.29. The van der Waals surface area contributed by atoms with Gasteiger partial charge in [0.05, 0.1) is 16.8 Å². The van der Waals surface area contributed by atoms with Crippen molar-refractivity contribution < 1.29 is 14.3 Å². The Bertz CT molecular complexity index is 919. The lowest BCUT2D eigenvalue weighted by Crippen LogP contribution is -2.12. The second-order valence-corrected chi connectivity index (χ2v) is 6.32. The van der Waals surface area contributed by atoms with Crippen LogP contribution in [0.15, 0.2) is 42.5 Å². The van der Waals surface area contributed by atoms with Crippen molar-refractivity contribution in [3.63, 3.8) is 0 Å². The molecule has 1 heterocycles. The molecule has 2 amide bonds. The predicted molar refractivity (Wildman–Crippen MR) is 99.5 cm³/mol. The van der Waals surface area contributed by atoms with Crippen LogP contribution in [0.5, 0.6) is 5.75 Å². The summed E-state index contributed by atoms with van der Waals surface area (Å²) < 4.78 is 6.42. The number of amides is 2. The molecule has 3 rings (SSSR count). The molecule has 0 aliphatic heterocycles. The molecule has 0 bridgehead atoms. The Morgan fingerprint density at radius 2 is 1.88 bits per heavy atom. The van der Waals surface area contributed by atoms with Gasteiger partial charge in [0.2, 0.25) is 5.91 Å². The average molecular weight is 355 g/mol. The molecule has 0 saturated carbocycles. The predicted octanol–water partition coefficient (Wildman–Crippen LogP) is 3.91. The van der Waals surface area contributed by atoms with E-state index in [2.05, 4.69) is 15.6 Å². The number of anilines is 2. The molecule has 0 unspecified atom stereocenters. The second-order valence-electron chi connectivity index (χ2n) is 5.29. The van der Waals surface area contributed by atoms with Crippen molar-refractivity contribution in [3.05, 3.63) is 48.0 Å². The van der Waals surface area contributed by atoms with Crippen molar-refractivity contribution in [2.24, 2.45) is 0 Å². The van der Waals surface area contributed by atoms with E-state index < -0.39 is 0 Å². The maximum Gasteiger partial charge on any atom is 0.257 e. The lowest BCUT2D eigenvalue weighted by Gasteiger charge is -2.04. The number of benzene rings is 2. The first-order chi connectivity index (χ1) is 12.0. The zero-order chi connectivity index (χ0) is 17.8. The van der Waals surface area contributed by atoms with Crippen molar-refractivity contribution in [2.75, 3.05) is 17.2 Å². The van der Waals surface area contributed by atoms with E-state index in [9.17, 15) is 9.59 Å². The SMILES string of the molecule is CCOc1ccc2nc(NC(=O)c3ccc(NC(C)=O)cc3)sc2c1. The molecule has 0 atom stereocenters. The number of thiazole rings is 1. The first-order valence-electron chi connectivity index (χ1n) is 7.77. The maximum absolute atomic E-state index is 12.3. The zero-order valence-electron chi connectivity index (χ0n) is 13.8. The number of carbonyl (C=O) groups excluding carboxylic acids is 2. The minimum absolute atomic E-state index is 0.155. The molecule has 3 aromatic rings. The van der Waals surface area contributed by atoms with Crippen molar-refractivity contribution in [2.45, 2.75) is 13.8 Å².